The van der Waals surface area contributed by atoms with Gasteiger partial charge in [0.05, 0.1) is 4.20 Å². The first-order chi connectivity index (χ1) is 3.70. The van der Waals surface area contributed by atoms with Gasteiger partial charge < -0.3 is 0 Å². The second-order valence-electron chi connectivity index (χ2n) is 1.99. The molecule has 0 saturated heterocycles. The third kappa shape index (κ3) is 1.12. The van der Waals surface area contributed by atoms with E-state index >= 15 is 0 Å². The van der Waals surface area contributed by atoms with Gasteiger partial charge in [0.1, 0.15) is 0 Å². The summed E-state index contributed by atoms with van der Waals surface area (Å²) in [5.41, 5.74) is 1.44. The van der Waals surface area contributed by atoms with E-state index in [0.717, 1.165) is 10.6 Å². The fourth-order valence-electron chi connectivity index (χ4n) is 0.635. The van der Waals surface area contributed by atoms with Gasteiger partial charge in [-0.15, -0.1) is 0 Å². The van der Waals surface area contributed by atoms with Crippen LogP contribution in [0.5, 0.6) is 0 Å². The molecule has 1 heterocycles. The van der Waals surface area contributed by atoms with Gasteiger partial charge >= 0.3 is 0 Å². The van der Waals surface area contributed by atoms with Crippen LogP contribution in [0.4, 0.5) is 0 Å². The number of thiocarbonyl (C=S) groups is 1. The van der Waals surface area contributed by atoms with Crippen LogP contribution in [-0.4, -0.2) is 4.20 Å². The first kappa shape index (κ1) is 6.30. The number of hydrogen-bond donors (Lipinski definition) is 0. The lowest BCUT2D eigenvalue weighted by molar-refractivity contribution is 1.28. The Morgan fingerprint density at radius 3 is 2.25 bits per heavy atom. The highest BCUT2D eigenvalue weighted by Crippen LogP contribution is 2.32. The maximum Gasteiger partial charge on any atom is 0.0564 e. The highest BCUT2D eigenvalue weighted by molar-refractivity contribution is 8.26. The minimum absolute atomic E-state index is 1.03. The Balaban J connectivity index is 2.73. The molecule has 0 bridgehead atoms. The molecule has 0 radical (unpaired) electrons. The van der Waals surface area contributed by atoms with E-state index in [2.05, 4.69) is 13.8 Å². The van der Waals surface area contributed by atoms with Crippen LogP contribution in [0.1, 0.15) is 20.3 Å². The zero-order valence-corrected chi connectivity index (χ0v) is 6.66. The summed E-state index contributed by atoms with van der Waals surface area (Å²) in [7, 11) is 0. The molecule has 1 aliphatic heterocycles. The molecule has 0 unspecified atom stereocenters. The lowest BCUT2D eigenvalue weighted by atomic mass is 10.2. The Kier molecular flexibility index (Phi) is 1.73. The third-order valence-corrected chi connectivity index (χ3v) is 2.70. The highest BCUT2D eigenvalue weighted by atomic mass is 32.2. The fourth-order valence-corrected chi connectivity index (χ4v) is 2.10. The van der Waals surface area contributed by atoms with Gasteiger partial charge in [-0.05, 0) is 18.8 Å². The van der Waals surface area contributed by atoms with E-state index in [-0.39, 0.29) is 0 Å². The van der Waals surface area contributed by atoms with Crippen molar-refractivity contribution in [3.63, 3.8) is 0 Å². The van der Waals surface area contributed by atoms with Gasteiger partial charge in [0, 0.05) is 6.42 Å². The van der Waals surface area contributed by atoms with Crippen molar-refractivity contribution in [2.45, 2.75) is 20.3 Å². The molecular formula is C6H8S2. The van der Waals surface area contributed by atoms with E-state index in [1.54, 1.807) is 11.8 Å². The lowest BCUT2D eigenvalue weighted by Gasteiger charge is -1.85. The van der Waals surface area contributed by atoms with Crippen molar-refractivity contribution in [3.8, 4) is 0 Å². The van der Waals surface area contributed by atoms with Crippen LogP contribution in [-0.2, 0) is 0 Å². The van der Waals surface area contributed by atoms with Crippen molar-refractivity contribution < 1.29 is 0 Å². The van der Waals surface area contributed by atoms with Gasteiger partial charge in [-0.3, -0.25) is 0 Å². The standard InChI is InChI=1S/C6H8S2/c1-4-3-6(7)8-5(4)2/h3H2,1-2H3. The van der Waals surface area contributed by atoms with E-state index < -0.39 is 0 Å². The molecule has 0 amide bonds. The van der Waals surface area contributed by atoms with Gasteiger partial charge in [-0.25, -0.2) is 0 Å². The van der Waals surface area contributed by atoms with E-state index in [1.165, 1.54) is 10.5 Å². The smallest absolute Gasteiger partial charge is 0.0564 e. The van der Waals surface area contributed by atoms with Crippen LogP contribution < -0.4 is 0 Å². The Labute approximate surface area is 59.4 Å². The number of allylic oxidation sites excluding steroid dienone is 2. The highest BCUT2D eigenvalue weighted by Gasteiger charge is 2.11. The van der Waals surface area contributed by atoms with Crippen LogP contribution >= 0.6 is 24.0 Å². The SMILES string of the molecule is CC1=C(C)SC(=S)C1. The predicted molar refractivity (Wildman–Crippen MR) is 43.2 cm³/mol. The minimum Gasteiger partial charge on any atom is -0.0872 e. The molecule has 44 valence electrons. The summed E-state index contributed by atoms with van der Waals surface area (Å²) in [6.07, 6.45) is 1.03. The Morgan fingerprint density at radius 2 is 2.12 bits per heavy atom. The maximum atomic E-state index is 4.99. The molecule has 0 aromatic carbocycles. The monoisotopic (exact) mass is 144 g/mol. The molecule has 1 rings (SSSR count). The van der Waals surface area contributed by atoms with Gasteiger partial charge in [-0.2, -0.15) is 0 Å². The minimum atomic E-state index is 1.03. The van der Waals surface area contributed by atoms with E-state index in [9.17, 15) is 0 Å². The quantitative estimate of drug-likeness (QED) is 0.479. The predicted octanol–water partition coefficient (Wildman–Crippen LogP) is 2.74. The molecule has 8 heavy (non-hydrogen) atoms. The van der Waals surface area contributed by atoms with Gasteiger partial charge in [0.2, 0.25) is 0 Å². The van der Waals surface area contributed by atoms with Crippen molar-refractivity contribution in [1.82, 2.24) is 0 Å². The lowest BCUT2D eigenvalue weighted by Crippen LogP contribution is -1.75. The van der Waals surface area contributed by atoms with Crippen molar-refractivity contribution in [1.29, 1.82) is 0 Å². The van der Waals surface area contributed by atoms with E-state index in [4.69, 9.17) is 12.2 Å². The summed E-state index contributed by atoms with van der Waals surface area (Å²) in [5.74, 6) is 0. The van der Waals surface area contributed by atoms with Crippen LogP contribution in [0, 0.1) is 0 Å². The van der Waals surface area contributed by atoms with E-state index in [1.807, 2.05) is 0 Å². The molecule has 1 aliphatic rings. The number of rotatable bonds is 0. The summed E-state index contributed by atoms with van der Waals surface area (Å²) in [6, 6.07) is 0. The number of thioether (sulfide) groups is 1. The van der Waals surface area contributed by atoms with Crippen LogP contribution in [0.25, 0.3) is 0 Å². The number of hydrogen-bond acceptors (Lipinski definition) is 2. The van der Waals surface area contributed by atoms with Crippen LogP contribution in [0.3, 0.4) is 0 Å². The topological polar surface area (TPSA) is 0 Å². The van der Waals surface area contributed by atoms with Gasteiger partial charge in [-0.1, -0.05) is 29.6 Å². The summed E-state index contributed by atoms with van der Waals surface area (Å²) in [5, 5.41) is 0. The Bertz CT molecular complexity index is 140. The average Bonchev–Trinajstić information content (AvgIpc) is 1.85. The second kappa shape index (κ2) is 2.19. The third-order valence-electron chi connectivity index (χ3n) is 1.28. The molecule has 0 nitrogen and oxygen atoms in total. The first-order valence-corrected chi connectivity index (χ1v) is 3.79. The fraction of sp³-hybridized carbons (Fsp3) is 0.500. The molecule has 0 aromatic rings. The summed E-state index contributed by atoms with van der Waals surface area (Å²) in [6.45, 7) is 4.26. The van der Waals surface area contributed by atoms with Crippen LogP contribution in [0.15, 0.2) is 10.5 Å². The molecular weight excluding hydrogens is 136 g/mol. The normalized spacial score (nSPS) is 20.5. The zero-order valence-electron chi connectivity index (χ0n) is 5.02. The largest absolute Gasteiger partial charge is 0.0872 e. The molecule has 0 spiro atoms. The van der Waals surface area contributed by atoms with Gasteiger partial charge in [0.15, 0.2) is 0 Å². The van der Waals surface area contributed by atoms with Gasteiger partial charge in [0.25, 0.3) is 0 Å². The van der Waals surface area contributed by atoms with Crippen molar-refractivity contribution >= 4 is 28.2 Å². The summed E-state index contributed by atoms with van der Waals surface area (Å²) < 4.78 is 1.13. The van der Waals surface area contributed by atoms with Crippen molar-refractivity contribution in [2.75, 3.05) is 0 Å². The van der Waals surface area contributed by atoms with Crippen molar-refractivity contribution in [2.24, 2.45) is 0 Å². The average molecular weight is 144 g/mol. The summed E-state index contributed by atoms with van der Waals surface area (Å²) >= 11 is 6.73. The zero-order chi connectivity index (χ0) is 6.15. The molecule has 2 heteroatoms. The molecule has 0 saturated carbocycles. The maximum absolute atomic E-state index is 4.99. The molecule has 0 fully saturated rings. The molecule has 0 N–H and O–H groups in total. The van der Waals surface area contributed by atoms with E-state index in [0.29, 0.717) is 0 Å². The molecule has 0 aliphatic carbocycles. The Hall–Kier alpha value is 0.180. The Morgan fingerprint density at radius 1 is 1.50 bits per heavy atom. The van der Waals surface area contributed by atoms with Crippen molar-refractivity contribution in [3.05, 3.63) is 10.5 Å². The molecule has 0 atom stereocenters. The summed E-state index contributed by atoms with van der Waals surface area (Å²) in [4.78, 5) is 1.40. The van der Waals surface area contributed by atoms with Crippen LogP contribution in [0.2, 0.25) is 0 Å². The molecule has 0 aromatic heterocycles. The first-order valence-electron chi connectivity index (χ1n) is 2.57. The second-order valence-corrected chi connectivity index (χ2v) is 4.05.